The predicted octanol–water partition coefficient (Wildman–Crippen LogP) is 0.609. The third-order valence-electron chi connectivity index (χ3n) is 0.671. The van der Waals surface area contributed by atoms with E-state index < -0.39 is 7.82 Å². The summed E-state index contributed by atoms with van der Waals surface area (Å²) in [6.07, 6.45) is 0. The summed E-state index contributed by atoms with van der Waals surface area (Å²) in [5, 5.41) is 0. The Morgan fingerprint density at radius 1 is 1.00 bits per heavy atom. The van der Waals surface area contributed by atoms with Gasteiger partial charge in [-0.2, -0.15) is 0 Å². The summed E-state index contributed by atoms with van der Waals surface area (Å²) in [6.45, 7) is 0. The second-order valence-electron chi connectivity index (χ2n) is 0.995. The van der Waals surface area contributed by atoms with Gasteiger partial charge in [0.1, 0.15) is 0 Å². The van der Waals surface area contributed by atoms with Crippen LogP contribution in [0.5, 0.6) is 0 Å². The van der Waals surface area contributed by atoms with Gasteiger partial charge in [0.25, 0.3) is 0 Å². The summed E-state index contributed by atoms with van der Waals surface area (Å²) in [4.78, 5) is 0. The molecule has 0 aromatic rings. The maximum atomic E-state index is 10.7. The lowest BCUT2D eigenvalue weighted by molar-refractivity contribution is 0.178. The lowest BCUT2D eigenvalue weighted by Crippen LogP contribution is -1.88. The zero-order valence-electron chi connectivity index (χ0n) is 6.66. The minimum absolute atomic E-state index is 1.26. The van der Waals surface area contributed by atoms with Gasteiger partial charge < -0.3 is 5.73 Å². The molecule has 0 aliphatic heterocycles. The van der Waals surface area contributed by atoms with Crippen LogP contribution in [0.4, 0.5) is 0 Å². The van der Waals surface area contributed by atoms with Crippen LogP contribution in [0, 0.1) is 0 Å². The number of nitrogens with two attached hydrogens (primary N) is 1. The van der Waals surface area contributed by atoms with E-state index in [4.69, 9.17) is 0 Å². The molecule has 0 aliphatic rings. The molecular formula is C4H14NO4P. The van der Waals surface area contributed by atoms with Crippen molar-refractivity contribution in [3.8, 4) is 0 Å². The van der Waals surface area contributed by atoms with E-state index in [1.807, 2.05) is 0 Å². The molecule has 2 N–H and O–H groups in total. The standard InChI is InChI=1S/C3H9O4P.CH5N/c1-5-8(4,6-2)7-3;1-2/h1-3H3;2H2,1H3. The second-order valence-corrected chi connectivity index (χ2v) is 2.98. The van der Waals surface area contributed by atoms with Crippen molar-refractivity contribution in [3.05, 3.63) is 0 Å². The SMILES string of the molecule is CN.COP(=O)(OC)OC. The van der Waals surface area contributed by atoms with Crippen molar-refractivity contribution < 1.29 is 18.1 Å². The number of phosphoric ester groups is 1. The minimum atomic E-state index is -3.16. The maximum Gasteiger partial charge on any atom is 0.473 e. The van der Waals surface area contributed by atoms with E-state index in [2.05, 4.69) is 19.3 Å². The maximum absolute atomic E-state index is 10.7. The Hall–Kier alpha value is 0.0700. The highest BCUT2D eigenvalue weighted by molar-refractivity contribution is 7.48. The molecule has 6 heteroatoms. The Labute approximate surface area is 61.1 Å². The van der Waals surface area contributed by atoms with E-state index in [0.717, 1.165) is 0 Å². The van der Waals surface area contributed by atoms with E-state index >= 15 is 0 Å². The monoisotopic (exact) mass is 171 g/mol. The molecule has 0 saturated carbocycles. The molecule has 0 fully saturated rings. The summed E-state index contributed by atoms with van der Waals surface area (Å²) < 4.78 is 23.7. The fourth-order valence-corrected chi connectivity index (χ4v) is 0.671. The topological polar surface area (TPSA) is 70.8 Å². The number of rotatable bonds is 3. The van der Waals surface area contributed by atoms with Crippen LogP contribution in [0.25, 0.3) is 0 Å². The number of hydrogen-bond donors (Lipinski definition) is 1. The van der Waals surface area contributed by atoms with Crippen LogP contribution in [0.3, 0.4) is 0 Å². The zero-order chi connectivity index (χ0) is 8.62. The largest absolute Gasteiger partial charge is 0.473 e. The Bertz CT molecular complexity index is 88.4. The number of hydrogen-bond acceptors (Lipinski definition) is 5. The smallest absolute Gasteiger partial charge is 0.333 e. The summed E-state index contributed by atoms with van der Waals surface area (Å²) in [5.74, 6) is 0. The highest BCUT2D eigenvalue weighted by atomic mass is 31.2. The molecule has 0 atom stereocenters. The van der Waals surface area contributed by atoms with E-state index in [0.29, 0.717) is 0 Å². The average Bonchev–Trinajstić information content (AvgIpc) is 2.07. The zero-order valence-corrected chi connectivity index (χ0v) is 7.55. The molecule has 0 heterocycles. The molecule has 0 spiro atoms. The van der Waals surface area contributed by atoms with E-state index in [1.54, 1.807) is 0 Å². The molecule has 0 unspecified atom stereocenters. The van der Waals surface area contributed by atoms with Crippen molar-refractivity contribution in [2.45, 2.75) is 0 Å². The first kappa shape index (κ1) is 12.7. The van der Waals surface area contributed by atoms with Crippen LogP contribution in [-0.2, 0) is 18.1 Å². The van der Waals surface area contributed by atoms with Crippen molar-refractivity contribution >= 4 is 7.82 Å². The molecule has 0 aromatic heterocycles. The van der Waals surface area contributed by atoms with Gasteiger partial charge >= 0.3 is 7.82 Å². The van der Waals surface area contributed by atoms with E-state index in [1.165, 1.54) is 28.4 Å². The van der Waals surface area contributed by atoms with Gasteiger partial charge in [-0.25, -0.2) is 4.57 Å². The molecule has 0 aromatic carbocycles. The van der Waals surface area contributed by atoms with Crippen LogP contribution in [-0.4, -0.2) is 28.4 Å². The van der Waals surface area contributed by atoms with E-state index in [9.17, 15) is 4.57 Å². The van der Waals surface area contributed by atoms with Crippen LogP contribution < -0.4 is 5.73 Å². The normalized spacial score (nSPS) is 10.1. The first-order chi connectivity index (χ1) is 4.68. The molecule has 64 valence electrons. The van der Waals surface area contributed by atoms with Gasteiger partial charge in [0.05, 0.1) is 0 Å². The minimum Gasteiger partial charge on any atom is -0.333 e. The van der Waals surface area contributed by atoms with Gasteiger partial charge in [-0.05, 0) is 7.05 Å². The third kappa shape index (κ3) is 4.90. The van der Waals surface area contributed by atoms with Gasteiger partial charge in [0.15, 0.2) is 0 Å². The summed E-state index contributed by atoms with van der Waals surface area (Å²) >= 11 is 0. The quantitative estimate of drug-likeness (QED) is 0.630. The van der Waals surface area contributed by atoms with Gasteiger partial charge in [0.2, 0.25) is 0 Å². The molecule has 0 aliphatic carbocycles. The van der Waals surface area contributed by atoms with Crippen LogP contribution in [0.2, 0.25) is 0 Å². The van der Waals surface area contributed by atoms with Crippen LogP contribution >= 0.6 is 7.82 Å². The van der Waals surface area contributed by atoms with Crippen molar-refractivity contribution in [2.24, 2.45) is 5.73 Å². The number of phosphoric acid groups is 1. The first-order valence-corrected chi connectivity index (χ1v) is 3.99. The molecule has 5 nitrogen and oxygen atoms in total. The van der Waals surface area contributed by atoms with Gasteiger partial charge in [-0.15, -0.1) is 0 Å². The Kier molecular flexibility index (Phi) is 9.13. The predicted molar refractivity (Wildman–Crippen MR) is 38.7 cm³/mol. The average molecular weight is 171 g/mol. The lowest BCUT2D eigenvalue weighted by atomic mass is 11.6. The van der Waals surface area contributed by atoms with Crippen LogP contribution in [0.15, 0.2) is 0 Å². The Balaban J connectivity index is 0. The fourth-order valence-electron chi connectivity index (χ4n) is 0.224. The second kappa shape index (κ2) is 7.18. The molecule has 0 bridgehead atoms. The molecular weight excluding hydrogens is 157 g/mol. The van der Waals surface area contributed by atoms with Gasteiger partial charge in [-0.3, -0.25) is 13.6 Å². The summed E-state index contributed by atoms with van der Waals surface area (Å²) in [5.41, 5.74) is 4.50. The fraction of sp³-hybridized carbons (Fsp3) is 1.00. The van der Waals surface area contributed by atoms with Crippen molar-refractivity contribution in [1.82, 2.24) is 0 Å². The van der Waals surface area contributed by atoms with E-state index in [-0.39, 0.29) is 0 Å². The van der Waals surface area contributed by atoms with Crippen molar-refractivity contribution in [3.63, 3.8) is 0 Å². The lowest BCUT2D eigenvalue weighted by Gasteiger charge is -2.08. The summed E-state index contributed by atoms with van der Waals surface area (Å²) in [6, 6.07) is 0. The van der Waals surface area contributed by atoms with Gasteiger partial charge in [0, 0.05) is 21.3 Å². The third-order valence-corrected chi connectivity index (χ3v) is 2.01. The van der Waals surface area contributed by atoms with Gasteiger partial charge in [-0.1, -0.05) is 0 Å². The molecule has 0 radical (unpaired) electrons. The van der Waals surface area contributed by atoms with Crippen molar-refractivity contribution in [2.75, 3.05) is 28.4 Å². The van der Waals surface area contributed by atoms with Crippen molar-refractivity contribution in [1.29, 1.82) is 0 Å². The highest BCUT2D eigenvalue weighted by Crippen LogP contribution is 2.46. The molecule has 10 heavy (non-hydrogen) atoms. The van der Waals surface area contributed by atoms with Crippen LogP contribution in [0.1, 0.15) is 0 Å². The Morgan fingerprint density at radius 3 is 1.20 bits per heavy atom. The highest BCUT2D eigenvalue weighted by Gasteiger charge is 2.18. The molecule has 0 saturated heterocycles. The summed E-state index contributed by atoms with van der Waals surface area (Å²) in [7, 11) is 2.11. The Morgan fingerprint density at radius 2 is 1.20 bits per heavy atom. The first-order valence-electron chi connectivity index (χ1n) is 2.53. The molecule has 0 amide bonds. The molecule has 0 rings (SSSR count).